The summed E-state index contributed by atoms with van der Waals surface area (Å²) in [5, 5.41) is 4.36. The topological polar surface area (TPSA) is 3.24 Å². The SMILES string of the molecule is CCN(CC)P(c1cccs1)c1cccs1. The first-order valence-electron chi connectivity index (χ1n) is 5.48. The molecule has 4 heteroatoms. The Bertz CT molecular complexity index is 358. The first kappa shape index (κ1) is 12.3. The Morgan fingerprint density at radius 1 is 1.00 bits per heavy atom. The van der Waals surface area contributed by atoms with E-state index in [1.807, 2.05) is 22.7 Å². The molecule has 0 spiro atoms. The molecular weight excluding hydrogens is 253 g/mol. The lowest BCUT2D eigenvalue weighted by Crippen LogP contribution is -2.26. The Kier molecular flexibility index (Phi) is 4.54. The summed E-state index contributed by atoms with van der Waals surface area (Å²) in [6.07, 6.45) is 0. The molecular formula is C12H16NPS2. The predicted octanol–water partition coefficient (Wildman–Crippen LogP) is 3.50. The zero-order valence-corrected chi connectivity index (χ0v) is 12.1. The molecule has 0 unspecified atom stereocenters. The van der Waals surface area contributed by atoms with E-state index in [0.29, 0.717) is 0 Å². The van der Waals surface area contributed by atoms with E-state index < -0.39 is 0 Å². The summed E-state index contributed by atoms with van der Waals surface area (Å²) in [4.78, 5) is 0. The fraction of sp³-hybridized carbons (Fsp3) is 0.333. The maximum Gasteiger partial charge on any atom is 0.0489 e. The molecule has 16 heavy (non-hydrogen) atoms. The van der Waals surface area contributed by atoms with Gasteiger partial charge in [-0.05, 0) is 36.0 Å². The normalized spacial score (nSPS) is 11.5. The highest BCUT2D eigenvalue weighted by Crippen LogP contribution is 2.40. The lowest BCUT2D eigenvalue weighted by molar-refractivity contribution is 0.515. The van der Waals surface area contributed by atoms with Gasteiger partial charge in [0.15, 0.2) is 0 Å². The lowest BCUT2D eigenvalue weighted by Gasteiger charge is -2.27. The number of rotatable bonds is 5. The minimum absolute atomic E-state index is 0.270. The van der Waals surface area contributed by atoms with E-state index in [2.05, 4.69) is 53.5 Å². The first-order chi connectivity index (χ1) is 7.86. The monoisotopic (exact) mass is 269 g/mol. The number of hydrogen-bond donors (Lipinski definition) is 0. The van der Waals surface area contributed by atoms with Gasteiger partial charge in [-0.15, -0.1) is 22.7 Å². The van der Waals surface area contributed by atoms with Crippen molar-refractivity contribution >= 4 is 40.0 Å². The van der Waals surface area contributed by atoms with Crippen molar-refractivity contribution in [1.29, 1.82) is 0 Å². The van der Waals surface area contributed by atoms with Crippen molar-refractivity contribution in [2.24, 2.45) is 0 Å². The zero-order valence-electron chi connectivity index (χ0n) is 9.59. The van der Waals surface area contributed by atoms with Crippen molar-refractivity contribution < 1.29 is 0 Å². The van der Waals surface area contributed by atoms with E-state index in [9.17, 15) is 0 Å². The van der Waals surface area contributed by atoms with Crippen LogP contribution in [0.1, 0.15) is 13.8 Å². The molecule has 2 aromatic rings. The molecule has 2 heterocycles. The van der Waals surface area contributed by atoms with Crippen molar-refractivity contribution in [3.63, 3.8) is 0 Å². The maximum atomic E-state index is 2.58. The van der Waals surface area contributed by atoms with Crippen molar-refractivity contribution in [3.05, 3.63) is 35.0 Å². The van der Waals surface area contributed by atoms with Gasteiger partial charge in [-0.3, -0.25) is 4.67 Å². The second kappa shape index (κ2) is 5.92. The molecule has 86 valence electrons. The molecule has 1 nitrogen and oxygen atoms in total. The molecule has 0 saturated carbocycles. The molecule has 0 saturated heterocycles. The van der Waals surface area contributed by atoms with Crippen LogP contribution >= 0.6 is 30.7 Å². The van der Waals surface area contributed by atoms with Crippen molar-refractivity contribution in [3.8, 4) is 0 Å². The maximum absolute atomic E-state index is 2.58. The van der Waals surface area contributed by atoms with E-state index in [1.54, 1.807) is 0 Å². The average molecular weight is 269 g/mol. The third-order valence-corrected chi connectivity index (χ3v) is 7.72. The Morgan fingerprint density at radius 3 is 1.81 bits per heavy atom. The Hall–Kier alpha value is -0.210. The molecule has 0 N–H and O–H groups in total. The fourth-order valence-corrected chi connectivity index (χ4v) is 7.00. The molecule has 0 fully saturated rings. The third-order valence-electron chi connectivity index (χ3n) is 2.44. The van der Waals surface area contributed by atoms with Gasteiger partial charge in [-0.25, -0.2) is 0 Å². The minimum Gasteiger partial charge on any atom is -0.274 e. The van der Waals surface area contributed by atoms with Gasteiger partial charge in [-0.2, -0.15) is 0 Å². The summed E-state index contributed by atoms with van der Waals surface area (Å²) < 4.78 is 5.61. The Morgan fingerprint density at radius 2 is 1.50 bits per heavy atom. The van der Waals surface area contributed by atoms with Crippen LogP contribution in [0.3, 0.4) is 0 Å². The quantitative estimate of drug-likeness (QED) is 0.751. The van der Waals surface area contributed by atoms with E-state index in [-0.39, 0.29) is 8.07 Å². The highest BCUT2D eigenvalue weighted by Gasteiger charge is 2.21. The van der Waals surface area contributed by atoms with Gasteiger partial charge in [0, 0.05) is 17.3 Å². The van der Waals surface area contributed by atoms with Crippen LogP contribution < -0.4 is 9.24 Å². The van der Waals surface area contributed by atoms with E-state index in [0.717, 1.165) is 13.1 Å². The average Bonchev–Trinajstić information content (AvgIpc) is 2.98. The molecule has 0 aliphatic rings. The second-order valence-corrected chi connectivity index (χ2v) is 8.01. The summed E-state index contributed by atoms with van der Waals surface area (Å²) in [7, 11) is -0.270. The van der Waals surface area contributed by atoms with Gasteiger partial charge in [0.2, 0.25) is 0 Å². The molecule has 0 aliphatic heterocycles. The molecule has 0 atom stereocenters. The van der Waals surface area contributed by atoms with Crippen molar-refractivity contribution in [2.75, 3.05) is 13.1 Å². The fourth-order valence-electron chi connectivity index (χ4n) is 1.67. The summed E-state index contributed by atoms with van der Waals surface area (Å²) in [5.41, 5.74) is 0. The van der Waals surface area contributed by atoms with Gasteiger partial charge < -0.3 is 0 Å². The van der Waals surface area contributed by atoms with Crippen LogP contribution in [-0.2, 0) is 0 Å². The minimum atomic E-state index is -0.270. The number of hydrogen-bond acceptors (Lipinski definition) is 3. The van der Waals surface area contributed by atoms with Gasteiger partial charge in [0.25, 0.3) is 0 Å². The van der Waals surface area contributed by atoms with Gasteiger partial charge in [0.05, 0.1) is 0 Å². The summed E-state index contributed by atoms with van der Waals surface area (Å²) >= 11 is 3.76. The van der Waals surface area contributed by atoms with Crippen LogP contribution in [0.15, 0.2) is 35.0 Å². The largest absolute Gasteiger partial charge is 0.274 e. The Balaban J connectivity index is 2.34. The second-order valence-electron chi connectivity index (χ2n) is 3.35. The molecule has 0 radical (unpaired) electrons. The van der Waals surface area contributed by atoms with Gasteiger partial charge >= 0.3 is 0 Å². The molecule has 0 aliphatic carbocycles. The van der Waals surface area contributed by atoms with Crippen LogP contribution in [-0.4, -0.2) is 17.8 Å². The number of nitrogens with zero attached hydrogens (tertiary/aromatic N) is 1. The van der Waals surface area contributed by atoms with Crippen LogP contribution in [0.4, 0.5) is 0 Å². The van der Waals surface area contributed by atoms with E-state index in [1.165, 1.54) is 9.24 Å². The van der Waals surface area contributed by atoms with Crippen LogP contribution in [0.2, 0.25) is 0 Å². The molecule has 0 bridgehead atoms. The van der Waals surface area contributed by atoms with Crippen molar-refractivity contribution in [2.45, 2.75) is 13.8 Å². The van der Waals surface area contributed by atoms with Crippen LogP contribution in [0.25, 0.3) is 0 Å². The standard InChI is InChI=1S/C12H16NPS2/c1-3-13(4-2)14(11-7-5-9-15-11)12-8-6-10-16-12/h5-10H,3-4H2,1-2H3. The summed E-state index contributed by atoms with van der Waals surface area (Å²) in [5.74, 6) is 0. The highest BCUT2D eigenvalue weighted by molar-refractivity contribution is 7.80. The van der Waals surface area contributed by atoms with E-state index >= 15 is 0 Å². The molecule has 2 rings (SSSR count). The third kappa shape index (κ3) is 2.54. The van der Waals surface area contributed by atoms with Gasteiger partial charge in [-0.1, -0.05) is 26.0 Å². The zero-order chi connectivity index (χ0) is 11.4. The predicted molar refractivity (Wildman–Crippen MR) is 77.7 cm³/mol. The summed E-state index contributed by atoms with van der Waals surface area (Å²) in [6.45, 7) is 6.75. The highest BCUT2D eigenvalue weighted by atomic mass is 32.1. The van der Waals surface area contributed by atoms with E-state index in [4.69, 9.17) is 0 Å². The molecule has 0 aromatic carbocycles. The lowest BCUT2D eigenvalue weighted by atomic mass is 10.7. The smallest absolute Gasteiger partial charge is 0.0489 e. The first-order valence-corrected chi connectivity index (χ1v) is 8.54. The van der Waals surface area contributed by atoms with Gasteiger partial charge in [0.1, 0.15) is 0 Å². The molecule has 0 amide bonds. The Labute approximate surface area is 107 Å². The van der Waals surface area contributed by atoms with Crippen LogP contribution in [0.5, 0.6) is 0 Å². The molecule has 2 aromatic heterocycles. The number of thiophene rings is 2. The summed E-state index contributed by atoms with van der Waals surface area (Å²) in [6, 6.07) is 8.86. The van der Waals surface area contributed by atoms with Crippen LogP contribution in [0, 0.1) is 0 Å². The van der Waals surface area contributed by atoms with Crippen molar-refractivity contribution in [1.82, 2.24) is 4.67 Å².